The summed E-state index contributed by atoms with van der Waals surface area (Å²) >= 11 is 6.08. The van der Waals surface area contributed by atoms with Gasteiger partial charge in [0.1, 0.15) is 12.3 Å². The zero-order chi connectivity index (χ0) is 23.3. The highest BCUT2D eigenvalue weighted by atomic mass is 35.5. The summed E-state index contributed by atoms with van der Waals surface area (Å²) in [7, 11) is -3.81. The molecule has 9 heteroatoms. The van der Waals surface area contributed by atoms with E-state index in [1.165, 1.54) is 25.1 Å². The maximum Gasteiger partial charge on any atom is 0.245 e. The normalized spacial score (nSPS) is 11.0. The van der Waals surface area contributed by atoms with Crippen molar-refractivity contribution in [3.8, 4) is 11.5 Å². The van der Waals surface area contributed by atoms with Gasteiger partial charge in [0.25, 0.3) is 0 Å². The number of ketones is 1. The van der Waals surface area contributed by atoms with Crippen LogP contribution in [0.3, 0.4) is 0 Å². The zero-order valence-corrected chi connectivity index (χ0v) is 19.0. The van der Waals surface area contributed by atoms with Gasteiger partial charge in [-0.25, -0.2) is 8.42 Å². The van der Waals surface area contributed by atoms with Gasteiger partial charge in [0.2, 0.25) is 15.9 Å². The number of carbonyl (C=O) groups is 2. The summed E-state index contributed by atoms with van der Waals surface area (Å²) in [5, 5.41) is 3.03. The fourth-order valence-electron chi connectivity index (χ4n) is 2.90. The predicted molar refractivity (Wildman–Crippen MR) is 125 cm³/mol. The van der Waals surface area contributed by atoms with Crippen molar-refractivity contribution in [3.63, 3.8) is 0 Å². The Balaban J connectivity index is 1.85. The van der Waals surface area contributed by atoms with Gasteiger partial charge in [-0.2, -0.15) is 0 Å². The van der Waals surface area contributed by atoms with Crippen LogP contribution in [-0.2, 0) is 14.8 Å². The molecule has 0 heterocycles. The number of para-hydroxylation sites is 1. The van der Waals surface area contributed by atoms with Crippen molar-refractivity contribution in [1.29, 1.82) is 0 Å². The molecule has 0 aliphatic carbocycles. The SMILES string of the molecule is CC(=O)c1cccc(N(CC(=O)Nc2cc(Cl)ccc2Oc2ccccc2)S(C)(=O)=O)c1. The number of nitrogens with zero attached hydrogens (tertiary/aromatic N) is 1. The van der Waals surface area contributed by atoms with E-state index in [0.29, 0.717) is 22.1 Å². The van der Waals surface area contributed by atoms with Gasteiger partial charge in [-0.3, -0.25) is 13.9 Å². The molecule has 0 spiro atoms. The van der Waals surface area contributed by atoms with Gasteiger partial charge in [-0.1, -0.05) is 41.9 Å². The van der Waals surface area contributed by atoms with Crippen LogP contribution in [0.1, 0.15) is 17.3 Å². The summed E-state index contributed by atoms with van der Waals surface area (Å²) < 4.78 is 31.5. The molecule has 166 valence electrons. The van der Waals surface area contributed by atoms with E-state index < -0.39 is 22.5 Å². The molecule has 3 aromatic rings. The minimum atomic E-state index is -3.81. The van der Waals surface area contributed by atoms with Crippen LogP contribution >= 0.6 is 11.6 Å². The Kier molecular flexibility index (Phi) is 7.17. The minimum Gasteiger partial charge on any atom is -0.455 e. The molecule has 3 aromatic carbocycles. The van der Waals surface area contributed by atoms with Gasteiger partial charge >= 0.3 is 0 Å². The van der Waals surface area contributed by atoms with E-state index in [9.17, 15) is 18.0 Å². The molecule has 0 aromatic heterocycles. The van der Waals surface area contributed by atoms with Crippen molar-refractivity contribution < 1.29 is 22.7 Å². The van der Waals surface area contributed by atoms with E-state index in [0.717, 1.165) is 10.6 Å². The van der Waals surface area contributed by atoms with Gasteiger partial charge in [0.15, 0.2) is 11.5 Å². The first-order valence-corrected chi connectivity index (χ1v) is 11.8. The highest BCUT2D eigenvalue weighted by Crippen LogP contribution is 2.32. The van der Waals surface area contributed by atoms with Crippen LogP contribution in [-0.4, -0.2) is 32.9 Å². The molecule has 0 fully saturated rings. The number of benzene rings is 3. The molecule has 0 aliphatic rings. The number of carbonyl (C=O) groups excluding carboxylic acids is 2. The van der Waals surface area contributed by atoms with Gasteiger partial charge in [-0.05, 0) is 49.4 Å². The molecule has 7 nitrogen and oxygen atoms in total. The highest BCUT2D eigenvalue weighted by Gasteiger charge is 2.22. The number of Topliss-reactive ketones (excluding diaryl/α,β-unsaturated/α-hetero) is 1. The third-order valence-electron chi connectivity index (χ3n) is 4.41. The smallest absolute Gasteiger partial charge is 0.245 e. The van der Waals surface area contributed by atoms with Crippen molar-refractivity contribution >= 4 is 44.7 Å². The predicted octanol–water partition coefficient (Wildman–Crippen LogP) is 4.74. The third kappa shape index (κ3) is 6.09. The molecule has 0 saturated carbocycles. The number of sulfonamides is 1. The van der Waals surface area contributed by atoms with Gasteiger partial charge in [0.05, 0.1) is 17.6 Å². The summed E-state index contributed by atoms with van der Waals surface area (Å²) in [5.74, 6) is 0.0813. The van der Waals surface area contributed by atoms with Crippen LogP contribution in [0.15, 0.2) is 72.8 Å². The van der Waals surface area contributed by atoms with Crippen LogP contribution in [0.4, 0.5) is 11.4 Å². The Hall–Kier alpha value is -3.36. The fourth-order valence-corrected chi connectivity index (χ4v) is 3.92. The first-order chi connectivity index (χ1) is 15.1. The quantitative estimate of drug-likeness (QED) is 0.478. The lowest BCUT2D eigenvalue weighted by atomic mass is 10.1. The third-order valence-corrected chi connectivity index (χ3v) is 5.79. The molecule has 0 atom stereocenters. The van der Waals surface area contributed by atoms with E-state index in [-0.39, 0.29) is 17.2 Å². The van der Waals surface area contributed by atoms with Crippen molar-refractivity contribution in [1.82, 2.24) is 0 Å². The summed E-state index contributed by atoms with van der Waals surface area (Å²) in [6, 6.07) is 19.8. The Bertz CT molecular complexity index is 1250. The molecule has 1 N–H and O–H groups in total. The summed E-state index contributed by atoms with van der Waals surface area (Å²) in [6.07, 6.45) is 0.990. The van der Waals surface area contributed by atoms with Crippen molar-refractivity contribution in [2.24, 2.45) is 0 Å². The lowest BCUT2D eigenvalue weighted by Gasteiger charge is -2.22. The van der Waals surface area contributed by atoms with E-state index in [2.05, 4.69) is 5.32 Å². The maximum absolute atomic E-state index is 12.8. The first-order valence-electron chi connectivity index (χ1n) is 9.54. The topological polar surface area (TPSA) is 92.8 Å². The van der Waals surface area contributed by atoms with E-state index >= 15 is 0 Å². The number of hydrogen-bond acceptors (Lipinski definition) is 5. The minimum absolute atomic E-state index is 0.210. The maximum atomic E-state index is 12.8. The molecule has 3 rings (SSSR count). The molecule has 0 aliphatic heterocycles. The number of amides is 1. The monoisotopic (exact) mass is 472 g/mol. The fraction of sp³-hybridized carbons (Fsp3) is 0.130. The second-order valence-electron chi connectivity index (χ2n) is 6.98. The van der Waals surface area contributed by atoms with Crippen LogP contribution in [0.5, 0.6) is 11.5 Å². The van der Waals surface area contributed by atoms with Gasteiger partial charge in [0, 0.05) is 10.6 Å². The van der Waals surface area contributed by atoms with E-state index in [1.807, 2.05) is 18.2 Å². The van der Waals surface area contributed by atoms with Crippen LogP contribution in [0.2, 0.25) is 5.02 Å². The van der Waals surface area contributed by atoms with E-state index in [4.69, 9.17) is 16.3 Å². The van der Waals surface area contributed by atoms with Crippen molar-refractivity contribution in [3.05, 3.63) is 83.4 Å². The average molecular weight is 473 g/mol. The molecule has 0 saturated heterocycles. The Morgan fingerprint density at radius 3 is 2.38 bits per heavy atom. The summed E-state index contributed by atoms with van der Waals surface area (Å²) in [5.41, 5.74) is 0.837. The molecular weight excluding hydrogens is 452 g/mol. The molecule has 0 bridgehead atoms. The Morgan fingerprint density at radius 2 is 1.72 bits per heavy atom. The summed E-state index contributed by atoms with van der Waals surface area (Å²) in [6.45, 7) is 0.876. The van der Waals surface area contributed by atoms with Crippen LogP contribution in [0.25, 0.3) is 0 Å². The zero-order valence-electron chi connectivity index (χ0n) is 17.4. The highest BCUT2D eigenvalue weighted by molar-refractivity contribution is 7.92. The number of hydrogen-bond donors (Lipinski definition) is 1. The van der Waals surface area contributed by atoms with Crippen LogP contribution in [0, 0.1) is 0 Å². The molecule has 0 unspecified atom stereocenters. The lowest BCUT2D eigenvalue weighted by Crippen LogP contribution is -2.37. The lowest BCUT2D eigenvalue weighted by molar-refractivity contribution is -0.114. The average Bonchev–Trinajstić information content (AvgIpc) is 2.74. The molecular formula is C23H21ClN2O5S. The largest absolute Gasteiger partial charge is 0.455 e. The van der Waals surface area contributed by atoms with Crippen LogP contribution < -0.4 is 14.4 Å². The van der Waals surface area contributed by atoms with Crippen molar-refractivity contribution in [2.75, 3.05) is 22.4 Å². The van der Waals surface area contributed by atoms with Gasteiger partial charge < -0.3 is 10.1 Å². The van der Waals surface area contributed by atoms with Crippen molar-refractivity contribution in [2.45, 2.75) is 6.92 Å². The van der Waals surface area contributed by atoms with E-state index in [1.54, 1.807) is 36.4 Å². The number of halogens is 1. The molecule has 0 radical (unpaired) electrons. The molecule has 32 heavy (non-hydrogen) atoms. The van der Waals surface area contributed by atoms with Gasteiger partial charge in [-0.15, -0.1) is 0 Å². The summed E-state index contributed by atoms with van der Waals surface area (Å²) in [4.78, 5) is 24.5. The number of nitrogens with one attached hydrogen (secondary N) is 1. The standard InChI is InChI=1S/C23H21ClN2O5S/c1-16(27)17-7-6-8-19(13-17)26(32(2,29)30)15-23(28)25-21-14-18(24)11-12-22(21)31-20-9-4-3-5-10-20/h3-14H,15H2,1-2H3,(H,25,28). The number of anilines is 2. The molecule has 1 amide bonds. The first kappa shape index (κ1) is 23.3. The second kappa shape index (κ2) is 9.84. The Labute approximate surface area is 191 Å². The number of rotatable bonds is 8. The second-order valence-corrected chi connectivity index (χ2v) is 9.32. The number of ether oxygens (including phenoxy) is 1. The Morgan fingerprint density at radius 1 is 1.00 bits per heavy atom.